The van der Waals surface area contributed by atoms with E-state index in [9.17, 15) is 4.39 Å². The Balaban J connectivity index is 2.46. The Morgan fingerprint density at radius 1 is 1.25 bits per heavy atom. The van der Waals surface area contributed by atoms with Crippen molar-refractivity contribution in [1.29, 1.82) is 0 Å². The topological polar surface area (TPSA) is 67.8 Å². The van der Waals surface area contributed by atoms with Gasteiger partial charge in [-0.3, -0.25) is 0 Å². The standard InChI is InChI=1S/C13H9BrClFN2O2/c14-7-1-3-10(15)12(5-7)20-11-4-2-8(16)6-9(11)13(17)18-19/h1-6,19H,(H2,17,18). The van der Waals surface area contributed by atoms with Crippen molar-refractivity contribution >= 4 is 33.4 Å². The van der Waals surface area contributed by atoms with Crippen LogP contribution in [0.5, 0.6) is 11.5 Å². The number of halogens is 3. The molecule has 20 heavy (non-hydrogen) atoms. The van der Waals surface area contributed by atoms with Crippen molar-refractivity contribution in [2.75, 3.05) is 0 Å². The molecule has 0 aliphatic heterocycles. The van der Waals surface area contributed by atoms with Crippen LogP contribution < -0.4 is 10.5 Å². The van der Waals surface area contributed by atoms with Crippen LogP contribution >= 0.6 is 27.5 Å². The fourth-order valence-electron chi connectivity index (χ4n) is 1.52. The van der Waals surface area contributed by atoms with Crippen LogP contribution in [0.25, 0.3) is 0 Å². The second-order valence-electron chi connectivity index (χ2n) is 3.80. The highest BCUT2D eigenvalue weighted by Crippen LogP contribution is 2.33. The zero-order valence-electron chi connectivity index (χ0n) is 9.98. The van der Waals surface area contributed by atoms with Gasteiger partial charge in [0.1, 0.15) is 17.3 Å². The average molecular weight is 360 g/mol. The third-order valence-corrected chi connectivity index (χ3v) is 3.24. The van der Waals surface area contributed by atoms with Crippen LogP contribution in [0.3, 0.4) is 0 Å². The van der Waals surface area contributed by atoms with Gasteiger partial charge >= 0.3 is 0 Å². The summed E-state index contributed by atoms with van der Waals surface area (Å²) in [7, 11) is 0. The summed E-state index contributed by atoms with van der Waals surface area (Å²) in [5, 5.41) is 11.9. The van der Waals surface area contributed by atoms with Crippen LogP contribution in [0.1, 0.15) is 5.56 Å². The predicted octanol–water partition coefficient (Wildman–Crippen LogP) is 4.13. The molecule has 0 saturated heterocycles. The van der Waals surface area contributed by atoms with Crippen molar-refractivity contribution in [2.24, 2.45) is 10.9 Å². The lowest BCUT2D eigenvalue weighted by atomic mass is 10.2. The molecule has 104 valence electrons. The summed E-state index contributed by atoms with van der Waals surface area (Å²) in [6, 6.07) is 8.74. The van der Waals surface area contributed by atoms with E-state index in [-0.39, 0.29) is 17.1 Å². The molecule has 2 aromatic rings. The summed E-state index contributed by atoms with van der Waals surface area (Å²) in [5.74, 6) is -0.203. The molecule has 0 saturated carbocycles. The zero-order valence-corrected chi connectivity index (χ0v) is 12.3. The van der Waals surface area contributed by atoms with Gasteiger partial charge in [0.2, 0.25) is 0 Å². The molecule has 0 heterocycles. The van der Waals surface area contributed by atoms with Gasteiger partial charge in [0.05, 0.1) is 10.6 Å². The Kier molecular flexibility index (Phi) is 4.46. The normalized spacial score (nSPS) is 11.4. The van der Waals surface area contributed by atoms with Crippen molar-refractivity contribution in [3.63, 3.8) is 0 Å². The lowest BCUT2D eigenvalue weighted by molar-refractivity contribution is 0.318. The van der Waals surface area contributed by atoms with Crippen LogP contribution in [0.2, 0.25) is 5.02 Å². The number of hydrogen-bond donors (Lipinski definition) is 2. The first kappa shape index (κ1) is 14.6. The van der Waals surface area contributed by atoms with E-state index < -0.39 is 5.82 Å². The fourth-order valence-corrected chi connectivity index (χ4v) is 2.02. The van der Waals surface area contributed by atoms with Gasteiger partial charge in [0.15, 0.2) is 5.84 Å². The van der Waals surface area contributed by atoms with E-state index in [1.165, 1.54) is 12.1 Å². The maximum atomic E-state index is 13.2. The third-order valence-electron chi connectivity index (χ3n) is 2.44. The molecular weight excluding hydrogens is 351 g/mol. The molecular formula is C13H9BrClFN2O2. The van der Waals surface area contributed by atoms with Crippen LogP contribution in [-0.2, 0) is 0 Å². The molecule has 0 amide bonds. The lowest BCUT2D eigenvalue weighted by Crippen LogP contribution is -2.14. The van der Waals surface area contributed by atoms with E-state index in [4.69, 9.17) is 27.3 Å². The van der Waals surface area contributed by atoms with Crippen LogP contribution in [0.4, 0.5) is 4.39 Å². The monoisotopic (exact) mass is 358 g/mol. The maximum Gasteiger partial charge on any atom is 0.173 e. The number of benzene rings is 2. The Hall–Kier alpha value is -1.79. The number of hydrogen-bond acceptors (Lipinski definition) is 3. The first-order valence-corrected chi connectivity index (χ1v) is 6.58. The van der Waals surface area contributed by atoms with Crippen molar-refractivity contribution < 1.29 is 14.3 Å². The second-order valence-corrected chi connectivity index (χ2v) is 5.13. The summed E-state index contributed by atoms with van der Waals surface area (Å²) in [4.78, 5) is 0. The van der Waals surface area contributed by atoms with Gasteiger partial charge in [-0.25, -0.2) is 4.39 Å². The Bertz CT molecular complexity index is 679. The molecule has 7 heteroatoms. The summed E-state index contributed by atoms with van der Waals surface area (Å²) in [6.07, 6.45) is 0. The second kappa shape index (κ2) is 6.11. The van der Waals surface area contributed by atoms with E-state index in [2.05, 4.69) is 21.1 Å². The van der Waals surface area contributed by atoms with Gasteiger partial charge in [-0.15, -0.1) is 0 Å². The van der Waals surface area contributed by atoms with Gasteiger partial charge in [-0.05, 0) is 36.4 Å². The predicted molar refractivity (Wildman–Crippen MR) is 78.1 cm³/mol. The van der Waals surface area contributed by atoms with Gasteiger partial charge in [0, 0.05) is 4.47 Å². The summed E-state index contributed by atoms with van der Waals surface area (Å²) in [5.41, 5.74) is 5.62. The van der Waals surface area contributed by atoms with Crippen LogP contribution in [0, 0.1) is 5.82 Å². The molecule has 2 aromatic carbocycles. The molecule has 0 bridgehead atoms. The quantitative estimate of drug-likeness (QED) is 0.375. The molecule has 4 nitrogen and oxygen atoms in total. The molecule has 2 rings (SSSR count). The zero-order chi connectivity index (χ0) is 14.7. The number of nitrogens with zero attached hydrogens (tertiary/aromatic N) is 1. The van der Waals surface area contributed by atoms with Crippen LogP contribution in [0.15, 0.2) is 46.0 Å². The first-order valence-electron chi connectivity index (χ1n) is 5.41. The van der Waals surface area contributed by atoms with Crippen molar-refractivity contribution in [2.45, 2.75) is 0 Å². The summed E-state index contributed by atoms with van der Waals surface area (Å²) < 4.78 is 19.6. The van der Waals surface area contributed by atoms with Gasteiger partial charge in [0.25, 0.3) is 0 Å². The molecule has 0 fully saturated rings. The molecule has 0 unspecified atom stereocenters. The first-order chi connectivity index (χ1) is 9.51. The molecule has 0 spiro atoms. The Morgan fingerprint density at radius 2 is 2.00 bits per heavy atom. The van der Waals surface area contributed by atoms with Crippen molar-refractivity contribution in [3.05, 3.63) is 57.3 Å². The van der Waals surface area contributed by atoms with Crippen molar-refractivity contribution in [1.82, 2.24) is 0 Å². The van der Waals surface area contributed by atoms with E-state index in [1.54, 1.807) is 18.2 Å². The number of oxime groups is 1. The molecule has 3 N–H and O–H groups in total. The Labute approximate surface area is 127 Å². The molecule has 0 aliphatic rings. The largest absolute Gasteiger partial charge is 0.455 e. The van der Waals surface area contributed by atoms with E-state index in [0.717, 1.165) is 10.5 Å². The highest BCUT2D eigenvalue weighted by atomic mass is 79.9. The number of nitrogens with two attached hydrogens (primary N) is 1. The minimum Gasteiger partial charge on any atom is -0.455 e. The number of rotatable bonds is 3. The smallest absolute Gasteiger partial charge is 0.173 e. The number of amidine groups is 1. The van der Waals surface area contributed by atoms with Crippen LogP contribution in [-0.4, -0.2) is 11.0 Å². The maximum absolute atomic E-state index is 13.2. The third kappa shape index (κ3) is 3.20. The average Bonchev–Trinajstić information content (AvgIpc) is 2.43. The Morgan fingerprint density at radius 3 is 2.70 bits per heavy atom. The fraction of sp³-hybridized carbons (Fsp3) is 0. The van der Waals surface area contributed by atoms with Gasteiger partial charge < -0.3 is 15.7 Å². The molecule has 0 atom stereocenters. The lowest BCUT2D eigenvalue weighted by Gasteiger charge is -2.12. The highest BCUT2D eigenvalue weighted by molar-refractivity contribution is 9.10. The summed E-state index contributed by atoms with van der Waals surface area (Å²) >= 11 is 9.31. The molecule has 0 aromatic heterocycles. The van der Waals surface area contributed by atoms with Gasteiger partial charge in [-0.1, -0.05) is 32.7 Å². The summed E-state index contributed by atoms with van der Waals surface area (Å²) in [6.45, 7) is 0. The minimum absolute atomic E-state index is 0.128. The highest BCUT2D eigenvalue weighted by Gasteiger charge is 2.12. The number of ether oxygens (including phenoxy) is 1. The van der Waals surface area contributed by atoms with Crippen molar-refractivity contribution in [3.8, 4) is 11.5 Å². The van der Waals surface area contributed by atoms with Gasteiger partial charge in [-0.2, -0.15) is 0 Å². The van der Waals surface area contributed by atoms with E-state index in [1.807, 2.05) is 0 Å². The van der Waals surface area contributed by atoms with E-state index in [0.29, 0.717) is 10.8 Å². The minimum atomic E-state index is -0.528. The van der Waals surface area contributed by atoms with E-state index >= 15 is 0 Å². The molecule has 0 radical (unpaired) electrons. The SMILES string of the molecule is NC(=NO)c1cc(F)ccc1Oc1cc(Br)ccc1Cl. The molecule has 0 aliphatic carbocycles.